The third-order valence-corrected chi connectivity index (χ3v) is 5.05. The van der Waals surface area contributed by atoms with Crippen LogP contribution < -0.4 is 20.1 Å². The lowest BCUT2D eigenvalue weighted by Gasteiger charge is -2.29. The molecule has 1 aliphatic carbocycles. The van der Waals surface area contributed by atoms with Crippen LogP contribution in [0.5, 0.6) is 11.5 Å². The first-order valence-electron chi connectivity index (χ1n) is 9.33. The first-order chi connectivity index (χ1) is 13.6. The zero-order chi connectivity index (χ0) is 19.6. The van der Waals surface area contributed by atoms with E-state index in [4.69, 9.17) is 9.47 Å². The van der Waals surface area contributed by atoms with Crippen molar-refractivity contribution in [1.82, 2.24) is 5.32 Å². The molecule has 2 aromatic rings. The van der Waals surface area contributed by atoms with Crippen LogP contribution in [0.2, 0.25) is 0 Å². The molecule has 146 valence electrons. The van der Waals surface area contributed by atoms with Crippen LogP contribution in [0.1, 0.15) is 18.4 Å². The number of carbonyl (C=O) groups excluding carboxylic acids is 2. The second-order valence-electron chi connectivity index (χ2n) is 7.06. The lowest BCUT2D eigenvalue weighted by atomic mass is 9.88. The van der Waals surface area contributed by atoms with Crippen LogP contribution in [0.4, 0.5) is 5.69 Å². The number of ether oxygens (including phenoxy) is 2. The van der Waals surface area contributed by atoms with Crippen LogP contribution in [0.15, 0.2) is 48.5 Å². The summed E-state index contributed by atoms with van der Waals surface area (Å²) in [5.74, 6) is -0.397. The van der Waals surface area contributed by atoms with Crippen LogP contribution in [-0.4, -0.2) is 36.7 Å². The zero-order valence-electron chi connectivity index (χ0n) is 15.3. The molecule has 1 heterocycles. The lowest BCUT2D eigenvalue weighted by molar-refractivity contribution is -0.137. The van der Waals surface area contributed by atoms with Gasteiger partial charge in [-0.2, -0.15) is 0 Å². The van der Waals surface area contributed by atoms with Gasteiger partial charge in [-0.3, -0.25) is 9.59 Å². The lowest BCUT2D eigenvalue weighted by Crippen LogP contribution is -2.45. The molecule has 1 saturated carbocycles. The van der Waals surface area contributed by atoms with Gasteiger partial charge in [0.25, 0.3) is 0 Å². The van der Waals surface area contributed by atoms with E-state index in [-0.39, 0.29) is 12.5 Å². The van der Waals surface area contributed by atoms with E-state index in [9.17, 15) is 14.7 Å². The van der Waals surface area contributed by atoms with Gasteiger partial charge in [-0.25, -0.2) is 0 Å². The molecule has 2 aliphatic rings. The molecule has 0 bridgehead atoms. The molecule has 0 saturated heterocycles. The number of carbonyl (C=O) groups is 2. The van der Waals surface area contributed by atoms with Crippen molar-refractivity contribution in [2.45, 2.75) is 18.4 Å². The average molecular weight is 382 g/mol. The monoisotopic (exact) mass is 382 g/mol. The largest absolute Gasteiger partial charge is 0.486 e. The Morgan fingerprint density at radius 3 is 2.43 bits per heavy atom. The molecule has 2 amide bonds. The summed E-state index contributed by atoms with van der Waals surface area (Å²) >= 11 is 0. The van der Waals surface area contributed by atoms with E-state index in [1.807, 2.05) is 30.3 Å². The predicted molar refractivity (Wildman–Crippen MR) is 102 cm³/mol. The Morgan fingerprint density at radius 1 is 1.00 bits per heavy atom. The van der Waals surface area contributed by atoms with Crippen molar-refractivity contribution < 1.29 is 24.2 Å². The summed E-state index contributed by atoms with van der Waals surface area (Å²) < 4.78 is 10.9. The number of aliphatic hydroxyl groups is 1. The van der Waals surface area contributed by atoms with E-state index in [1.165, 1.54) is 0 Å². The van der Waals surface area contributed by atoms with Crippen molar-refractivity contribution in [3.8, 4) is 11.5 Å². The third kappa shape index (κ3) is 3.80. The molecule has 3 N–H and O–H groups in total. The molecule has 0 radical (unpaired) electrons. The molecular formula is C21H22N2O5. The number of anilines is 1. The number of nitrogens with one attached hydrogen (secondary N) is 2. The molecule has 28 heavy (non-hydrogen) atoms. The minimum atomic E-state index is -1.17. The molecule has 0 aromatic heterocycles. The summed E-state index contributed by atoms with van der Waals surface area (Å²) in [6.07, 6.45) is 1.79. The summed E-state index contributed by atoms with van der Waals surface area (Å²) in [5.41, 5.74) is 0.00347. The van der Waals surface area contributed by atoms with Crippen LogP contribution in [0.25, 0.3) is 0 Å². The SMILES string of the molecule is O=C(NC[C@](O)(c1ccccc1)C1CC1)C(=O)Nc1ccc2c(c1)OCCO2. The smallest absolute Gasteiger partial charge is 0.313 e. The molecule has 1 aliphatic heterocycles. The second kappa shape index (κ2) is 7.52. The molecule has 1 atom stereocenters. The Morgan fingerprint density at radius 2 is 1.71 bits per heavy atom. The minimum Gasteiger partial charge on any atom is -0.486 e. The summed E-state index contributed by atoms with van der Waals surface area (Å²) in [7, 11) is 0. The standard InChI is InChI=1S/C21H22N2O5/c24-19(20(25)23-16-8-9-17-18(12-16)28-11-10-27-17)22-13-21(26,15-6-7-15)14-4-2-1-3-5-14/h1-5,8-9,12,15,26H,6-7,10-11,13H2,(H,22,24)(H,23,25)/t21-/m0/s1. The van der Waals surface area contributed by atoms with Gasteiger partial charge in [0.15, 0.2) is 11.5 Å². The van der Waals surface area contributed by atoms with Crippen molar-refractivity contribution >= 4 is 17.5 Å². The molecule has 1 fully saturated rings. The van der Waals surface area contributed by atoms with Gasteiger partial charge in [0.05, 0.1) is 6.54 Å². The van der Waals surface area contributed by atoms with Crippen LogP contribution >= 0.6 is 0 Å². The van der Waals surface area contributed by atoms with Gasteiger partial charge in [0, 0.05) is 11.8 Å². The molecular weight excluding hydrogens is 360 g/mol. The fourth-order valence-corrected chi connectivity index (χ4v) is 3.37. The van der Waals surface area contributed by atoms with E-state index < -0.39 is 17.4 Å². The average Bonchev–Trinajstić information content (AvgIpc) is 3.58. The number of rotatable bonds is 5. The quantitative estimate of drug-likeness (QED) is 0.686. The number of hydrogen-bond donors (Lipinski definition) is 3. The van der Waals surface area contributed by atoms with E-state index in [0.717, 1.165) is 18.4 Å². The highest BCUT2D eigenvalue weighted by Gasteiger charge is 2.45. The van der Waals surface area contributed by atoms with Crippen molar-refractivity contribution in [3.05, 3.63) is 54.1 Å². The van der Waals surface area contributed by atoms with Crippen molar-refractivity contribution in [1.29, 1.82) is 0 Å². The fraction of sp³-hybridized carbons (Fsp3) is 0.333. The highest BCUT2D eigenvalue weighted by atomic mass is 16.6. The molecule has 0 unspecified atom stereocenters. The molecule has 2 aromatic carbocycles. The van der Waals surface area contributed by atoms with E-state index in [0.29, 0.717) is 30.4 Å². The van der Waals surface area contributed by atoms with Crippen molar-refractivity contribution in [2.24, 2.45) is 5.92 Å². The number of amides is 2. The van der Waals surface area contributed by atoms with Gasteiger partial charge < -0.3 is 25.2 Å². The number of hydrogen-bond acceptors (Lipinski definition) is 5. The van der Waals surface area contributed by atoms with Crippen molar-refractivity contribution in [3.63, 3.8) is 0 Å². The minimum absolute atomic E-state index is 0.0188. The Hall–Kier alpha value is -3.06. The highest BCUT2D eigenvalue weighted by Crippen LogP contribution is 2.45. The normalized spacial score (nSPS) is 17.3. The van der Waals surface area contributed by atoms with Gasteiger partial charge in [0.2, 0.25) is 0 Å². The summed E-state index contributed by atoms with van der Waals surface area (Å²) in [6.45, 7) is 0.894. The summed E-state index contributed by atoms with van der Waals surface area (Å²) in [6, 6.07) is 14.2. The van der Waals surface area contributed by atoms with Crippen LogP contribution in [0.3, 0.4) is 0 Å². The Balaban J connectivity index is 1.38. The zero-order valence-corrected chi connectivity index (χ0v) is 15.3. The Kier molecular flexibility index (Phi) is 4.92. The van der Waals surface area contributed by atoms with Gasteiger partial charge >= 0.3 is 11.8 Å². The number of fused-ring (bicyclic) bond motifs is 1. The third-order valence-electron chi connectivity index (χ3n) is 5.05. The topological polar surface area (TPSA) is 96.9 Å². The van der Waals surface area contributed by atoms with E-state index in [2.05, 4.69) is 10.6 Å². The molecule has 7 heteroatoms. The first-order valence-corrected chi connectivity index (χ1v) is 9.33. The first kappa shape index (κ1) is 18.3. The van der Waals surface area contributed by atoms with E-state index in [1.54, 1.807) is 18.2 Å². The van der Waals surface area contributed by atoms with Crippen LogP contribution in [0, 0.1) is 5.92 Å². The summed E-state index contributed by atoms with van der Waals surface area (Å²) in [5, 5.41) is 16.2. The van der Waals surface area contributed by atoms with Crippen LogP contribution in [-0.2, 0) is 15.2 Å². The summed E-state index contributed by atoms with van der Waals surface area (Å²) in [4.78, 5) is 24.5. The molecule has 7 nitrogen and oxygen atoms in total. The Labute approximate surface area is 162 Å². The maximum Gasteiger partial charge on any atom is 0.313 e. The molecule has 0 spiro atoms. The fourth-order valence-electron chi connectivity index (χ4n) is 3.37. The van der Waals surface area contributed by atoms with Crippen molar-refractivity contribution in [2.75, 3.05) is 25.1 Å². The van der Waals surface area contributed by atoms with Gasteiger partial charge in [-0.1, -0.05) is 30.3 Å². The highest BCUT2D eigenvalue weighted by molar-refractivity contribution is 6.39. The predicted octanol–water partition coefficient (Wildman–Crippen LogP) is 1.81. The van der Waals surface area contributed by atoms with Gasteiger partial charge in [0.1, 0.15) is 18.8 Å². The maximum absolute atomic E-state index is 12.3. The van der Waals surface area contributed by atoms with E-state index >= 15 is 0 Å². The van der Waals surface area contributed by atoms with Gasteiger partial charge in [-0.15, -0.1) is 0 Å². The van der Waals surface area contributed by atoms with Gasteiger partial charge in [-0.05, 0) is 36.5 Å². The second-order valence-corrected chi connectivity index (χ2v) is 7.06. The maximum atomic E-state index is 12.3. The number of benzene rings is 2. The molecule has 4 rings (SSSR count). The Bertz CT molecular complexity index is 882.